The van der Waals surface area contributed by atoms with Crippen LogP contribution in [-0.4, -0.2) is 68.2 Å². The smallest absolute Gasteiger partial charge is 0.314 e. The van der Waals surface area contributed by atoms with Crippen LogP contribution in [0, 0.1) is 12.8 Å². The first-order chi connectivity index (χ1) is 12.6. The Hall–Kier alpha value is -2.58. The molecule has 3 rings (SSSR count). The van der Waals surface area contributed by atoms with Crippen molar-refractivity contribution in [2.24, 2.45) is 10.9 Å². The van der Waals surface area contributed by atoms with Crippen molar-refractivity contribution in [1.82, 2.24) is 15.5 Å². The van der Waals surface area contributed by atoms with Crippen molar-refractivity contribution >= 4 is 29.7 Å². The van der Waals surface area contributed by atoms with Crippen LogP contribution in [0.25, 0.3) is 0 Å². The summed E-state index contributed by atoms with van der Waals surface area (Å²) >= 11 is 0. The average molecular weight is 357 g/mol. The number of hydrogen-bond donors (Lipinski definition) is 2. The molecule has 1 atom stereocenters. The Morgan fingerprint density at radius 1 is 1.19 bits per heavy atom. The molecule has 0 spiro atoms. The van der Waals surface area contributed by atoms with Crippen molar-refractivity contribution < 1.29 is 14.4 Å². The van der Waals surface area contributed by atoms with Crippen LogP contribution in [0.2, 0.25) is 0 Å². The van der Waals surface area contributed by atoms with Gasteiger partial charge in [0.1, 0.15) is 0 Å². The SMILES string of the molecule is Cc1ccccc1N1C(=O)NC(=O)[C@@H](C=NCCN2CCNCC2)C1=O. The standard InChI is InChI=1S/C18H23N5O3/c1-13-4-2-3-5-15(13)23-17(25)14(16(24)21-18(23)26)12-20-8-11-22-9-6-19-7-10-22/h2-5,12,14,19H,6-11H2,1H3,(H,21,24,26)/t14-/m1/s1. The number of urea groups is 1. The molecule has 0 bridgehead atoms. The van der Waals surface area contributed by atoms with Gasteiger partial charge in [-0.2, -0.15) is 0 Å². The molecule has 4 amide bonds. The molecular formula is C18H23N5O3. The Labute approximate surface area is 152 Å². The van der Waals surface area contributed by atoms with Gasteiger partial charge in [-0.3, -0.25) is 24.8 Å². The monoisotopic (exact) mass is 357 g/mol. The predicted octanol–water partition coefficient (Wildman–Crippen LogP) is 0.170. The molecule has 2 aliphatic rings. The van der Waals surface area contributed by atoms with E-state index in [0.29, 0.717) is 12.2 Å². The van der Waals surface area contributed by atoms with E-state index in [4.69, 9.17) is 0 Å². The number of carbonyl (C=O) groups is 3. The van der Waals surface area contributed by atoms with Crippen LogP contribution in [0.15, 0.2) is 29.3 Å². The van der Waals surface area contributed by atoms with E-state index in [9.17, 15) is 14.4 Å². The second-order valence-electron chi connectivity index (χ2n) is 6.38. The zero-order chi connectivity index (χ0) is 18.5. The highest BCUT2D eigenvalue weighted by molar-refractivity contribution is 6.32. The molecular weight excluding hydrogens is 334 g/mol. The summed E-state index contributed by atoms with van der Waals surface area (Å²) in [4.78, 5) is 44.5. The highest BCUT2D eigenvalue weighted by Crippen LogP contribution is 2.23. The van der Waals surface area contributed by atoms with Crippen molar-refractivity contribution in [2.75, 3.05) is 44.2 Å². The van der Waals surface area contributed by atoms with Crippen LogP contribution in [-0.2, 0) is 9.59 Å². The molecule has 2 fully saturated rings. The molecule has 0 aliphatic carbocycles. The Morgan fingerprint density at radius 2 is 1.92 bits per heavy atom. The molecule has 138 valence electrons. The Kier molecular flexibility index (Phi) is 5.75. The Morgan fingerprint density at radius 3 is 2.65 bits per heavy atom. The molecule has 0 unspecified atom stereocenters. The van der Waals surface area contributed by atoms with Gasteiger partial charge in [0.05, 0.1) is 12.2 Å². The fourth-order valence-electron chi connectivity index (χ4n) is 3.08. The van der Waals surface area contributed by atoms with E-state index in [1.54, 1.807) is 12.1 Å². The van der Waals surface area contributed by atoms with E-state index in [2.05, 4.69) is 20.5 Å². The number of hydrogen-bond acceptors (Lipinski definition) is 6. The zero-order valence-corrected chi connectivity index (χ0v) is 14.8. The summed E-state index contributed by atoms with van der Waals surface area (Å²) < 4.78 is 0. The van der Waals surface area contributed by atoms with Gasteiger partial charge in [0.15, 0.2) is 5.92 Å². The zero-order valence-electron chi connectivity index (χ0n) is 14.8. The number of barbiturate groups is 1. The minimum atomic E-state index is -1.09. The highest BCUT2D eigenvalue weighted by Gasteiger charge is 2.40. The average Bonchev–Trinajstić information content (AvgIpc) is 2.63. The minimum absolute atomic E-state index is 0.474. The quantitative estimate of drug-likeness (QED) is 0.579. The van der Waals surface area contributed by atoms with Crippen molar-refractivity contribution in [3.05, 3.63) is 29.8 Å². The number of nitrogens with one attached hydrogen (secondary N) is 2. The van der Waals surface area contributed by atoms with Crippen LogP contribution < -0.4 is 15.5 Å². The number of aliphatic imine (C=N–C) groups is 1. The van der Waals surface area contributed by atoms with Gasteiger partial charge in [-0.05, 0) is 18.6 Å². The van der Waals surface area contributed by atoms with Gasteiger partial charge in [0.25, 0.3) is 5.91 Å². The summed E-state index contributed by atoms with van der Waals surface area (Å²) in [7, 11) is 0. The summed E-state index contributed by atoms with van der Waals surface area (Å²) in [6.07, 6.45) is 1.36. The molecule has 2 N–H and O–H groups in total. The largest absolute Gasteiger partial charge is 0.335 e. The number of anilines is 1. The summed E-state index contributed by atoms with van der Waals surface area (Å²) in [6.45, 7) is 6.95. The third kappa shape index (κ3) is 3.97. The molecule has 1 aromatic carbocycles. The van der Waals surface area contributed by atoms with E-state index in [0.717, 1.165) is 43.2 Å². The van der Waals surface area contributed by atoms with Gasteiger partial charge in [0, 0.05) is 38.9 Å². The van der Waals surface area contributed by atoms with E-state index < -0.39 is 23.8 Å². The van der Waals surface area contributed by atoms with Gasteiger partial charge >= 0.3 is 6.03 Å². The van der Waals surface area contributed by atoms with Crippen LogP contribution in [0.1, 0.15) is 5.56 Å². The van der Waals surface area contributed by atoms with Crippen LogP contribution in [0.3, 0.4) is 0 Å². The van der Waals surface area contributed by atoms with Crippen molar-refractivity contribution in [3.8, 4) is 0 Å². The van der Waals surface area contributed by atoms with E-state index in [1.165, 1.54) is 6.21 Å². The van der Waals surface area contributed by atoms with Gasteiger partial charge in [-0.15, -0.1) is 0 Å². The number of carbonyl (C=O) groups excluding carboxylic acids is 3. The molecule has 26 heavy (non-hydrogen) atoms. The van der Waals surface area contributed by atoms with E-state index >= 15 is 0 Å². The number of imide groups is 2. The lowest BCUT2D eigenvalue weighted by atomic mass is 10.0. The van der Waals surface area contributed by atoms with E-state index in [1.807, 2.05) is 19.1 Å². The number of benzene rings is 1. The summed E-state index contributed by atoms with van der Waals surface area (Å²) in [5.41, 5.74) is 1.25. The maximum absolute atomic E-state index is 12.7. The van der Waals surface area contributed by atoms with Crippen LogP contribution in [0.5, 0.6) is 0 Å². The summed E-state index contributed by atoms with van der Waals surface area (Å²) in [5, 5.41) is 5.53. The first-order valence-electron chi connectivity index (χ1n) is 8.75. The third-order valence-electron chi connectivity index (χ3n) is 4.57. The van der Waals surface area contributed by atoms with Crippen molar-refractivity contribution in [3.63, 3.8) is 0 Å². The van der Waals surface area contributed by atoms with Gasteiger partial charge in [0.2, 0.25) is 5.91 Å². The second kappa shape index (κ2) is 8.20. The van der Waals surface area contributed by atoms with E-state index in [-0.39, 0.29) is 0 Å². The third-order valence-corrected chi connectivity index (χ3v) is 4.57. The Bertz CT molecular complexity index is 727. The number of piperazine rings is 1. The molecule has 8 nitrogen and oxygen atoms in total. The fraction of sp³-hybridized carbons (Fsp3) is 0.444. The second-order valence-corrected chi connectivity index (χ2v) is 6.38. The highest BCUT2D eigenvalue weighted by atomic mass is 16.2. The Balaban J connectivity index is 1.67. The lowest BCUT2D eigenvalue weighted by Crippen LogP contribution is -2.58. The molecule has 0 aromatic heterocycles. The number of rotatable bonds is 5. The predicted molar refractivity (Wildman–Crippen MR) is 98.4 cm³/mol. The summed E-state index contributed by atoms with van der Waals surface area (Å²) in [5.74, 6) is -2.29. The van der Waals surface area contributed by atoms with Gasteiger partial charge in [-0.1, -0.05) is 18.2 Å². The van der Waals surface area contributed by atoms with Crippen LogP contribution >= 0.6 is 0 Å². The number of nitrogens with zero attached hydrogens (tertiary/aromatic N) is 3. The topological polar surface area (TPSA) is 94.1 Å². The van der Waals surface area contributed by atoms with Crippen molar-refractivity contribution in [1.29, 1.82) is 0 Å². The normalized spacial score (nSPS) is 22.1. The first-order valence-corrected chi connectivity index (χ1v) is 8.75. The molecule has 2 saturated heterocycles. The lowest BCUT2D eigenvalue weighted by Gasteiger charge is -2.29. The number of para-hydroxylation sites is 1. The molecule has 0 radical (unpaired) electrons. The molecule has 1 aromatic rings. The van der Waals surface area contributed by atoms with Crippen molar-refractivity contribution in [2.45, 2.75) is 6.92 Å². The number of amides is 4. The maximum atomic E-state index is 12.7. The fourth-order valence-corrected chi connectivity index (χ4v) is 3.08. The maximum Gasteiger partial charge on any atom is 0.335 e. The number of aryl methyl sites for hydroxylation is 1. The summed E-state index contributed by atoms with van der Waals surface area (Å²) in [6, 6.07) is 6.34. The van der Waals surface area contributed by atoms with Gasteiger partial charge in [-0.25, -0.2) is 9.69 Å². The first kappa shape index (κ1) is 18.2. The molecule has 8 heteroatoms. The minimum Gasteiger partial charge on any atom is -0.314 e. The molecule has 0 saturated carbocycles. The molecule has 2 aliphatic heterocycles. The van der Waals surface area contributed by atoms with Crippen LogP contribution in [0.4, 0.5) is 10.5 Å². The van der Waals surface area contributed by atoms with Gasteiger partial charge < -0.3 is 5.32 Å². The lowest BCUT2D eigenvalue weighted by molar-refractivity contribution is -0.131. The molecule has 2 heterocycles.